The van der Waals surface area contributed by atoms with E-state index in [1.807, 2.05) is 25.6 Å². The SMILES string of the molecule is CC(C)(CC(=O)O)CC(=O)NCCN1CCSCC1. The maximum Gasteiger partial charge on any atom is 0.303 e. The van der Waals surface area contributed by atoms with Crippen LogP contribution in [-0.4, -0.2) is 59.6 Å². The van der Waals surface area contributed by atoms with Crippen LogP contribution in [0, 0.1) is 5.41 Å². The van der Waals surface area contributed by atoms with Crippen molar-refractivity contribution in [3.63, 3.8) is 0 Å². The van der Waals surface area contributed by atoms with E-state index in [-0.39, 0.29) is 18.7 Å². The Hall–Kier alpha value is -0.750. The molecular formula is C13H24N2O3S. The lowest BCUT2D eigenvalue weighted by Crippen LogP contribution is -2.40. The van der Waals surface area contributed by atoms with Crippen LogP contribution in [0.2, 0.25) is 0 Å². The van der Waals surface area contributed by atoms with Gasteiger partial charge in [0.25, 0.3) is 0 Å². The van der Waals surface area contributed by atoms with Crippen LogP contribution >= 0.6 is 11.8 Å². The van der Waals surface area contributed by atoms with E-state index in [9.17, 15) is 9.59 Å². The molecule has 1 saturated heterocycles. The van der Waals surface area contributed by atoms with E-state index in [2.05, 4.69) is 10.2 Å². The third-order valence-electron chi connectivity index (χ3n) is 3.12. The smallest absolute Gasteiger partial charge is 0.303 e. The number of aliphatic carboxylic acids is 1. The molecule has 0 spiro atoms. The molecule has 1 fully saturated rings. The Balaban J connectivity index is 2.18. The van der Waals surface area contributed by atoms with E-state index in [1.165, 1.54) is 11.5 Å². The monoisotopic (exact) mass is 288 g/mol. The van der Waals surface area contributed by atoms with E-state index in [4.69, 9.17) is 5.11 Å². The molecule has 1 aliphatic rings. The summed E-state index contributed by atoms with van der Waals surface area (Å²) < 4.78 is 0. The zero-order valence-electron chi connectivity index (χ0n) is 11.8. The van der Waals surface area contributed by atoms with E-state index in [0.717, 1.165) is 19.6 Å². The predicted octanol–water partition coefficient (Wildman–Crippen LogP) is 1.04. The Morgan fingerprint density at radius 3 is 2.47 bits per heavy atom. The van der Waals surface area contributed by atoms with Crippen molar-refractivity contribution in [2.45, 2.75) is 26.7 Å². The van der Waals surface area contributed by atoms with Gasteiger partial charge in [0.15, 0.2) is 0 Å². The van der Waals surface area contributed by atoms with Gasteiger partial charge < -0.3 is 10.4 Å². The van der Waals surface area contributed by atoms with Crippen LogP contribution in [-0.2, 0) is 9.59 Å². The molecule has 0 unspecified atom stereocenters. The van der Waals surface area contributed by atoms with Crippen LogP contribution in [0.15, 0.2) is 0 Å². The average Bonchev–Trinajstić information content (AvgIpc) is 2.27. The van der Waals surface area contributed by atoms with E-state index < -0.39 is 11.4 Å². The molecule has 1 heterocycles. The van der Waals surface area contributed by atoms with Crippen molar-refractivity contribution in [3.05, 3.63) is 0 Å². The summed E-state index contributed by atoms with van der Waals surface area (Å²) >= 11 is 1.97. The molecule has 1 amide bonds. The summed E-state index contributed by atoms with van der Waals surface area (Å²) in [6, 6.07) is 0. The van der Waals surface area contributed by atoms with Crippen molar-refractivity contribution >= 4 is 23.6 Å². The van der Waals surface area contributed by atoms with Gasteiger partial charge in [0.2, 0.25) is 5.91 Å². The summed E-state index contributed by atoms with van der Waals surface area (Å²) in [4.78, 5) is 24.8. The molecule has 1 aliphatic heterocycles. The van der Waals surface area contributed by atoms with Gasteiger partial charge in [-0.1, -0.05) is 13.8 Å². The minimum atomic E-state index is -0.858. The third kappa shape index (κ3) is 7.42. The first-order valence-electron chi connectivity index (χ1n) is 6.68. The molecular weight excluding hydrogens is 264 g/mol. The van der Waals surface area contributed by atoms with Crippen molar-refractivity contribution in [1.29, 1.82) is 0 Å². The third-order valence-corrected chi connectivity index (χ3v) is 4.07. The molecule has 2 N–H and O–H groups in total. The zero-order chi connectivity index (χ0) is 14.3. The molecule has 0 aromatic carbocycles. The number of thioether (sulfide) groups is 1. The van der Waals surface area contributed by atoms with Gasteiger partial charge in [-0.05, 0) is 5.41 Å². The molecule has 5 nitrogen and oxygen atoms in total. The molecule has 6 heteroatoms. The van der Waals surface area contributed by atoms with E-state index >= 15 is 0 Å². The molecule has 0 bridgehead atoms. The van der Waals surface area contributed by atoms with Crippen molar-refractivity contribution in [1.82, 2.24) is 10.2 Å². The van der Waals surface area contributed by atoms with Crippen LogP contribution in [0.25, 0.3) is 0 Å². The maximum absolute atomic E-state index is 11.8. The number of nitrogens with one attached hydrogen (secondary N) is 1. The molecule has 19 heavy (non-hydrogen) atoms. The molecule has 110 valence electrons. The lowest BCUT2D eigenvalue weighted by atomic mass is 9.85. The molecule has 1 rings (SSSR count). The van der Waals surface area contributed by atoms with Crippen LogP contribution in [0.5, 0.6) is 0 Å². The number of carboxylic acids is 1. The van der Waals surface area contributed by atoms with Crippen LogP contribution in [0.3, 0.4) is 0 Å². The minimum Gasteiger partial charge on any atom is -0.481 e. The number of carboxylic acid groups (broad SMARTS) is 1. The summed E-state index contributed by atoms with van der Waals surface area (Å²) in [5, 5.41) is 11.6. The summed E-state index contributed by atoms with van der Waals surface area (Å²) in [5.74, 6) is 1.42. The summed E-state index contributed by atoms with van der Waals surface area (Å²) in [5.41, 5.74) is -0.488. The number of rotatable bonds is 7. The second kappa shape index (κ2) is 7.75. The van der Waals surface area contributed by atoms with Gasteiger partial charge in [-0.2, -0.15) is 11.8 Å². The average molecular weight is 288 g/mol. The Labute approximate surface area is 119 Å². The van der Waals surface area contributed by atoms with Crippen molar-refractivity contribution in [3.8, 4) is 0 Å². The highest BCUT2D eigenvalue weighted by Gasteiger charge is 2.25. The number of carbonyl (C=O) groups is 2. The second-order valence-corrected chi connectivity index (χ2v) is 6.94. The van der Waals surface area contributed by atoms with Crippen molar-refractivity contribution in [2.75, 3.05) is 37.7 Å². The highest BCUT2D eigenvalue weighted by molar-refractivity contribution is 7.99. The van der Waals surface area contributed by atoms with Gasteiger partial charge in [0.1, 0.15) is 0 Å². The Kier molecular flexibility index (Phi) is 6.65. The molecule has 0 radical (unpaired) electrons. The van der Waals surface area contributed by atoms with Crippen molar-refractivity contribution < 1.29 is 14.7 Å². The fraction of sp³-hybridized carbons (Fsp3) is 0.846. The van der Waals surface area contributed by atoms with Gasteiger partial charge in [-0.15, -0.1) is 0 Å². The normalized spacial score (nSPS) is 17.2. The Morgan fingerprint density at radius 1 is 1.26 bits per heavy atom. The van der Waals surface area contributed by atoms with E-state index in [1.54, 1.807) is 0 Å². The standard InChI is InChI=1S/C13H24N2O3S/c1-13(2,10-12(17)18)9-11(16)14-3-4-15-5-7-19-8-6-15/h3-10H2,1-2H3,(H,14,16)(H,17,18). The van der Waals surface area contributed by atoms with Crippen LogP contribution in [0.4, 0.5) is 0 Å². The van der Waals surface area contributed by atoms with Crippen LogP contribution < -0.4 is 5.32 Å². The first-order chi connectivity index (χ1) is 8.89. The lowest BCUT2D eigenvalue weighted by Gasteiger charge is -2.26. The van der Waals surface area contributed by atoms with E-state index in [0.29, 0.717) is 6.54 Å². The fourth-order valence-corrected chi connectivity index (χ4v) is 3.13. The Bertz CT molecular complexity index is 315. The quantitative estimate of drug-likeness (QED) is 0.732. The lowest BCUT2D eigenvalue weighted by molar-refractivity contribution is -0.139. The van der Waals surface area contributed by atoms with Crippen molar-refractivity contribution in [2.24, 2.45) is 5.41 Å². The van der Waals surface area contributed by atoms with Gasteiger partial charge in [-0.25, -0.2) is 0 Å². The summed E-state index contributed by atoms with van der Waals surface area (Å²) in [6.07, 6.45) is 0.277. The minimum absolute atomic E-state index is 0.0176. The largest absolute Gasteiger partial charge is 0.481 e. The molecule has 0 aliphatic carbocycles. The predicted molar refractivity (Wildman–Crippen MR) is 77.4 cm³/mol. The molecule has 0 aromatic rings. The van der Waals surface area contributed by atoms with Gasteiger partial charge >= 0.3 is 5.97 Å². The maximum atomic E-state index is 11.8. The number of carbonyl (C=O) groups excluding carboxylic acids is 1. The summed E-state index contributed by atoms with van der Waals surface area (Å²) in [7, 11) is 0. The molecule has 0 saturated carbocycles. The highest BCUT2D eigenvalue weighted by atomic mass is 32.2. The van der Waals surface area contributed by atoms with Gasteiger partial charge in [-0.3, -0.25) is 14.5 Å². The fourth-order valence-electron chi connectivity index (χ4n) is 2.15. The van der Waals surface area contributed by atoms with Crippen LogP contribution in [0.1, 0.15) is 26.7 Å². The zero-order valence-corrected chi connectivity index (χ0v) is 12.6. The number of amides is 1. The van der Waals surface area contributed by atoms with Gasteiger partial charge in [0.05, 0.1) is 6.42 Å². The molecule has 0 aromatic heterocycles. The first kappa shape index (κ1) is 16.3. The highest BCUT2D eigenvalue weighted by Crippen LogP contribution is 2.24. The van der Waals surface area contributed by atoms with Gasteiger partial charge in [0, 0.05) is 44.1 Å². The summed E-state index contributed by atoms with van der Waals surface area (Å²) in [6.45, 7) is 7.32. The second-order valence-electron chi connectivity index (χ2n) is 5.72. The topological polar surface area (TPSA) is 69.6 Å². The molecule has 0 atom stereocenters. The number of hydrogen-bond donors (Lipinski definition) is 2. The first-order valence-corrected chi connectivity index (χ1v) is 7.83. The number of nitrogens with zero attached hydrogens (tertiary/aromatic N) is 1. The Morgan fingerprint density at radius 2 is 1.89 bits per heavy atom. The number of hydrogen-bond acceptors (Lipinski definition) is 4.